The summed E-state index contributed by atoms with van der Waals surface area (Å²) in [6, 6.07) is 28.0. The summed E-state index contributed by atoms with van der Waals surface area (Å²) in [5, 5.41) is 2.44. The summed E-state index contributed by atoms with van der Waals surface area (Å²) in [7, 11) is 0. The van der Waals surface area contributed by atoms with Crippen LogP contribution in [-0.2, 0) is 5.41 Å². The fourth-order valence-electron chi connectivity index (χ4n) is 4.35. The highest BCUT2D eigenvalue weighted by Crippen LogP contribution is 2.40. The third kappa shape index (κ3) is 4.18. The second-order valence-corrected chi connectivity index (χ2v) is 8.44. The molecule has 1 atom stereocenters. The van der Waals surface area contributed by atoms with Gasteiger partial charge in [0.2, 0.25) is 0 Å². The van der Waals surface area contributed by atoms with E-state index in [4.69, 9.17) is 4.98 Å². The second-order valence-electron chi connectivity index (χ2n) is 8.44. The van der Waals surface area contributed by atoms with Crippen LogP contribution in [0, 0.1) is 0 Å². The van der Waals surface area contributed by atoms with E-state index in [1.807, 2.05) is 6.20 Å². The normalized spacial score (nSPS) is 13.5. The number of hydrogen-bond acceptors (Lipinski definition) is 1. The molecule has 0 bridgehead atoms. The maximum Gasteiger partial charge on any atom is 0.0783 e. The number of nitrogens with zero attached hydrogens (tertiary/aromatic N) is 1. The maximum absolute atomic E-state index is 5.03. The summed E-state index contributed by atoms with van der Waals surface area (Å²) in [5.74, 6) is 0. The van der Waals surface area contributed by atoms with Crippen LogP contribution in [0.3, 0.4) is 0 Å². The Morgan fingerprint density at radius 2 is 1.45 bits per heavy atom. The van der Waals surface area contributed by atoms with Gasteiger partial charge in [0.05, 0.1) is 5.69 Å². The Morgan fingerprint density at radius 3 is 2.19 bits per heavy atom. The number of allylic oxidation sites excluding steroid dienone is 2. The minimum absolute atomic E-state index is 0.0212. The van der Waals surface area contributed by atoms with Crippen molar-refractivity contribution in [1.29, 1.82) is 0 Å². The number of fused-ring (bicyclic) bond motifs is 1. The number of rotatable bonds is 7. The van der Waals surface area contributed by atoms with E-state index in [-0.39, 0.29) is 5.41 Å². The molecular weight excluding hydrogens is 374 g/mol. The molecule has 1 aromatic heterocycles. The molecule has 156 valence electrons. The Kier molecular flexibility index (Phi) is 6.32. The molecular formula is C30H31N. The van der Waals surface area contributed by atoms with Crippen LogP contribution in [0.5, 0.6) is 0 Å². The van der Waals surface area contributed by atoms with E-state index < -0.39 is 0 Å². The molecule has 1 nitrogen and oxygen atoms in total. The van der Waals surface area contributed by atoms with E-state index in [0.717, 1.165) is 18.5 Å². The van der Waals surface area contributed by atoms with Crippen LogP contribution < -0.4 is 0 Å². The first kappa shape index (κ1) is 21.1. The van der Waals surface area contributed by atoms with Gasteiger partial charge in [0.1, 0.15) is 0 Å². The Labute approximate surface area is 186 Å². The predicted octanol–water partition coefficient (Wildman–Crippen LogP) is 8.59. The minimum Gasteiger partial charge on any atom is -0.255 e. The number of aromatic nitrogens is 1. The molecule has 4 rings (SSSR count). The molecule has 0 saturated carbocycles. The van der Waals surface area contributed by atoms with Gasteiger partial charge >= 0.3 is 0 Å². The lowest BCUT2D eigenvalue weighted by Crippen LogP contribution is -2.19. The van der Waals surface area contributed by atoms with Crippen LogP contribution in [0.1, 0.15) is 45.6 Å². The standard InChI is InChI=1S/C30H31N/c1-4-6-14-21-30(3,5-2)28-20-13-12-19-26(28)29-25-18-11-10-17-24(25)27(22-31-29)23-15-8-7-9-16-23/h7-22H,4-6H2,1-3H3. The maximum atomic E-state index is 5.03. The van der Waals surface area contributed by atoms with Gasteiger partial charge < -0.3 is 0 Å². The first-order valence-electron chi connectivity index (χ1n) is 11.4. The van der Waals surface area contributed by atoms with Crippen molar-refractivity contribution >= 4 is 10.8 Å². The van der Waals surface area contributed by atoms with Crippen molar-refractivity contribution in [2.45, 2.75) is 45.4 Å². The van der Waals surface area contributed by atoms with Crippen LogP contribution in [-0.4, -0.2) is 4.98 Å². The number of benzene rings is 3. The van der Waals surface area contributed by atoms with E-state index in [1.165, 1.54) is 39.4 Å². The average Bonchev–Trinajstić information content (AvgIpc) is 2.84. The van der Waals surface area contributed by atoms with Gasteiger partial charge in [-0.1, -0.05) is 118 Å². The monoisotopic (exact) mass is 405 g/mol. The highest BCUT2D eigenvalue weighted by Gasteiger charge is 2.25. The molecule has 0 aliphatic carbocycles. The van der Waals surface area contributed by atoms with Crippen molar-refractivity contribution in [2.75, 3.05) is 0 Å². The van der Waals surface area contributed by atoms with Crippen LogP contribution in [0.2, 0.25) is 0 Å². The number of unbranched alkanes of at least 4 members (excludes halogenated alkanes) is 1. The van der Waals surface area contributed by atoms with E-state index in [9.17, 15) is 0 Å². The van der Waals surface area contributed by atoms with Crippen molar-refractivity contribution in [1.82, 2.24) is 4.98 Å². The van der Waals surface area contributed by atoms with Gasteiger partial charge in [0.15, 0.2) is 0 Å². The smallest absolute Gasteiger partial charge is 0.0783 e. The molecule has 31 heavy (non-hydrogen) atoms. The van der Waals surface area contributed by atoms with Crippen molar-refractivity contribution in [3.8, 4) is 22.4 Å². The van der Waals surface area contributed by atoms with Gasteiger partial charge in [-0.3, -0.25) is 4.98 Å². The summed E-state index contributed by atoms with van der Waals surface area (Å²) >= 11 is 0. The van der Waals surface area contributed by atoms with Gasteiger partial charge in [-0.25, -0.2) is 0 Å². The van der Waals surface area contributed by atoms with Gasteiger partial charge in [-0.2, -0.15) is 0 Å². The number of hydrogen-bond donors (Lipinski definition) is 0. The largest absolute Gasteiger partial charge is 0.255 e. The molecule has 3 aromatic carbocycles. The van der Waals surface area contributed by atoms with Crippen molar-refractivity contribution in [2.24, 2.45) is 0 Å². The molecule has 0 radical (unpaired) electrons. The number of pyridine rings is 1. The lowest BCUT2D eigenvalue weighted by molar-refractivity contribution is 0.571. The van der Waals surface area contributed by atoms with E-state index in [2.05, 4.69) is 112 Å². The molecule has 4 aromatic rings. The Bertz CT molecular complexity index is 1190. The second kappa shape index (κ2) is 9.31. The molecule has 1 heteroatoms. The van der Waals surface area contributed by atoms with Crippen LogP contribution >= 0.6 is 0 Å². The molecule has 0 saturated heterocycles. The van der Waals surface area contributed by atoms with Gasteiger partial charge in [-0.05, 0) is 29.4 Å². The van der Waals surface area contributed by atoms with Gasteiger partial charge in [0.25, 0.3) is 0 Å². The summed E-state index contributed by atoms with van der Waals surface area (Å²) in [6.45, 7) is 6.85. The summed E-state index contributed by atoms with van der Waals surface area (Å²) in [5.41, 5.74) is 5.99. The van der Waals surface area contributed by atoms with Crippen LogP contribution in [0.25, 0.3) is 33.2 Å². The molecule has 0 spiro atoms. The summed E-state index contributed by atoms with van der Waals surface area (Å²) in [6.07, 6.45) is 10.1. The first-order valence-corrected chi connectivity index (χ1v) is 11.4. The minimum atomic E-state index is -0.0212. The van der Waals surface area contributed by atoms with E-state index >= 15 is 0 Å². The molecule has 0 fully saturated rings. The van der Waals surface area contributed by atoms with Gasteiger partial charge in [-0.15, -0.1) is 0 Å². The molecule has 0 amide bonds. The summed E-state index contributed by atoms with van der Waals surface area (Å²) in [4.78, 5) is 5.03. The first-order chi connectivity index (χ1) is 15.2. The van der Waals surface area contributed by atoms with Gasteiger partial charge in [0, 0.05) is 28.1 Å². The predicted molar refractivity (Wildman–Crippen MR) is 134 cm³/mol. The third-order valence-electron chi connectivity index (χ3n) is 6.35. The lowest BCUT2D eigenvalue weighted by Gasteiger charge is -2.28. The molecule has 0 N–H and O–H groups in total. The topological polar surface area (TPSA) is 12.9 Å². The molecule has 0 aliphatic heterocycles. The van der Waals surface area contributed by atoms with Crippen LogP contribution in [0.15, 0.2) is 97.2 Å². The SMILES string of the molecule is CCCC=CC(C)(CC)c1ccccc1-c1ncc(-c2ccccc2)c2ccccc12. The van der Waals surface area contributed by atoms with Crippen molar-refractivity contribution in [3.05, 3.63) is 103 Å². The third-order valence-corrected chi connectivity index (χ3v) is 6.35. The van der Waals surface area contributed by atoms with Crippen molar-refractivity contribution in [3.63, 3.8) is 0 Å². The lowest BCUT2D eigenvalue weighted by atomic mass is 9.76. The quantitative estimate of drug-likeness (QED) is 0.280. The highest BCUT2D eigenvalue weighted by molar-refractivity contribution is 6.03. The van der Waals surface area contributed by atoms with Crippen LogP contribution in [0.4, 0.5) is 0 Å². The Morgan fingerprint density at radius 1 is 0.774 bits per heavy atom. The average molecular weight is 406 g/mol. The zero-order valence-electron chi connectivity index (χ0n) is 18.8. The van der Waals surface area contributed by atoms with E-state index in [0.29, 0.717) is 0 Å². The fraction of sp³-hybridized carbons (Fsp3) is 0.233. The molecule has 1 heterocycles. The van der Waals surface area contributed by atoms with Crippen molar-refractivity contribution < 1.29 is 0 Å². The zero-order valence-corrected chi connectivity index (χ0v) is 18.8. The highest BCUT2D eigenvalue weighted by atomic mass is 14.7. The fourth-order valence-corrected chi connectivity index (χ4v) is 4.35. The van der Waals surface area contributed by atoms with E-state index in [1.54, 1.807) is 0 Å². The molecule has 1 unspecified atom stereocenters. The Hall–Kier alpha value is -3.19. The molecule has 0 aliphatic rings. The summed E-state index contributed by atoms with van der Waals surface area (Å²) < 4.78 is 0. The Balaban J connectivity index is 1.92. The zero-order chi connectivity index (χ0) is 21.7.